The number of para-hydroxylation sites is 1. The van der Waals surface area contributed by atoms with Gasteiger partial charge < -0.3 is 10.2 Å². The zero-order valence-corrected chi connectivity index (χ0v) is 12.8. The van der Waals surface area contributed by atoms with Gasteiger partial charge >= 0.3 is 0 Å². The Kier molecular flexibility index (Phi) is 4.87. The SMILES string of the molecule is CCC(C)C1CN(C(C)CC)c2ccccc2CN1. The van der Waals surface area contributed by atoms with E-state index in [0.29, 0.717) is 12.1 Å². The van der Waals surface area contributed by atoms with Gasteiger partial charge in [0.2, 0.25) is 0 Å². The van der Waals surface area contributed by atoms with Crippen molar-refractivity contribution in [1.82, 2.24) is 5.32 Å². The number of hydrogen-bond acceptors (Lipinski definition) is 2. The highest BCUT2D eigenvalue weighted by Gasteiger charge is 2.26. The number of nitrogens with one attached hydrogen (secondary N) is 1. The Morgan fingerprint density at radius 1 is 1.21 bits per heavy atom. The van der Waals surface area contributed by atoms with Crippen LogP contribution in [0.4, 0.5) is 5.69 Å². The summed E-state index contributed by atoms with van der Waals surface area (Å²) in [5.41, 5.74) is 2.86. The van der Waals surface area contributed by atoms with Crippen LogP contribution in [0.25, 0.3) is 0 Å². The molecule has 1 aliphatic heterocycles. The van der Waals surface area contributed by atoms with E-state index in [0.717, 1.165) is 19.0 Å². The first-order valence-corrected chi connectivity index (χ1v) is 7.75. The summed E-state index contributed by atoms with van der Waals surface area (Å²) >= 11 is 0. The third-order valence-corrected chi connectivity index (χ3v) is 4.70. The van der Waals surface area contributed by atoms with Crippen LogP contribution >= 0.6 is 0 Å². The summed E-state index contributed by atoms with van der Waals surface area (Å²) in [5, 5.41) is 3.76. The zero-order chi connectivity index (χ0) is 13.8. The van der Waals surface area contributed by atoms with E-state index in [1.807, 2.05) is 0 Å². The third kappa shape index (κ3) is 3.11. The predicted molar refractivity (Wildman–Crippen MR) is 83.6 cm³/mol. The summed E-state index contributed by atoms with van der Waals surface area (Å²) in [7, 11) is 0. The number of benzene rings is 1. The lowest BCUT2D eigenvalue weighted by Gasteiger charge is -2.34. The molecule has 1 heterocycles. The molecule has 0 aliphatic carbocycles. The van der Waals surface area contributed by atoms with Crippen LogP contribution in [0.2, 0.25) is 0 Å². The lowest BCUT2D eigenvalue weighted by atomic mass is 9.98. The van der Waals surface area contributed by atoms with Crippen molar-refractivity contribution in [3.63, 3.8) is 0 Å². The van der Waals surface area contributed by atoms with Crippen LogP contribution in [0, 0.1) is 5.92 Å². The molecule has 0 saturated heterocycles. The minimum Gasteiger partial charge on any atom is -0.367 e. The maximum Gasteiger partial charge on any atom is 0.0414 e. The molecule has 0 saturated carbocycles. The van der Waals surface area contributed by atoms with Crippen molar-refractivity contribution in [2.24, 2.45) is 5.92 Å². The van der Waals surface area contributed by atoms with Gasteiger partial charge in [0.05, 0.1) is 0 Å². The van der Waals surface area contributed by atoms with Crippen molar-refractivity contribution in [2.75, 3.05) is 11.4 Å². The maximum absolute atomic E-state index is 3.76. The fourth-order valence-corrected chi connectivity index (χ4v) is 2.86. The molecule has 1 aliphatic rings. The number of hydrogen-bond donors (Lipinski definition) is 1. The summed E-state index contributed by atoms with van der Waals surface area (Å²) in [6.07, 6.45) is 2.43. The predicted octanol–water partition coefficient (Wildman–Crippen LogP) is 3.81. The zero-order valence-electron chi connectivity index (χ0n) is 12.8. The van der Waals surface area contributed by atoms with E-state index >= 15 is 0 Å². The average Bonchev–Trinajstić information content (AvgIpc) is 2.65. The minimum absolute atomic E-state index is 0.589. The normalized spacial score (nSPS) is 22.5. The second kappa shape index (κ2) is 6.42. The highest BCUT2D eigenvalue weighted by atomic mass is 15.2. The maximum atomic E-state index is 3.76. The average molecular weight is 260 g/mol. The van der Waals surface area contributed by atoms with E-state index in [-0.39, 0.29) is 0 Å². The van der Waals surface area contributed by atoms with Gasteiger partial charge in [-0.25, -0.2) is 0 Å². The molecule has 1 N–H and O–H groups in total. The molecule has 0 fully saturated rings. The standard InChI is InChI=1S/C17H28N2/c1-5-13(3)16-12-19(14(4)6-2)17-10-8-7-9-15(17)11-18-16/h7-10,13-14,16,18H,5-6,11-12H2,1-4H3. The van der Waals surface area contributed by atoms with E-state index in [1.54, 1.807) is 0 Å². The Bertz CT molecular complexity index is 402. The van der Waals surface area contributed by atoms with Crippen LogP contribution in [0.3, 0.4) is 0 Å². The van der Waals surface area contributed by atoms with Crippen LogP contribution in [0.5, 0.6) is 0 Å². The first-order valence-electron chi connectivity index (χ1n) is 7.75. The van der Waals surface area contributed by atoms with Crippen molar-refractivity contribution in [1.29, 1.82) is 0 Å². The largest absolute Gasteiger partial charge is 0.367 e. The summed E-state index contributed by atoms with van der Waals surface area (Å²) in [6.45, 7) is 11.4. The van der Waals surface area contributed by atoms with Crippen molar-refractivity contribution in [3.8, 4) is 0 Å². The van der Waals surface area contributed by atoms with E-state index in [2.05, 4.69) is 62.2 Å². The number of nitrogens with zero attached hydrogens (tertiary/aromatic N) is 1. The van der Waals surface area contributed by atoms with E-state index in [1.165, 1.54) is 24.1 Å². The lowest BCUT2D eigenvalue weighted by molar-refractivity contribution is 0.364. The van der Waals surface area contributed by atoms with Crippen molar-refractivity contribution in [3.05, 3.63) is 29.8 Å². The minimum atomic E-state index is 0.589. The van der Waals surface area contributed by atoms with Crippen molar-refractivity contribution < 1.29 is 0 Å². The first kappa shape index (κ1) is 14.4. The molecule has 3 atom stereocenters. The van der Waals surface area contributed by atoms with Crippen LogP contribution in [0.1, 0.15) is 46.1 Å². The number of anilines is 1. The molecule has 1 aromatic carbocycles. The first-order chi connectivity index (χ1) is 9.17. The van der Waals surface area contributed by atoms with Gasteiger partial charge in [0.15, 0.2) is 0 Å². The smallest absolute Gasteiger partial charge is 0.0414 e. The van der Waals surface area contributed by atoms with Gasteiger partial charge in [-0.1, -0.05) is 45.4 Å². The Labute approximate surface area is 118 Å². The van der Waals surface area contributed by atoms with Crippen LogP contribution in [-0.2, 0) is 6.54 Å². The van der Waals surface area contributed by atoms with Gasteiger partial charge in [0, 0.05) is 30.9 Å². The van der Waals surface area contributed by atoms with Gasteiger partial charge in [0.1, 0.15) is 0 Å². The molecular weight excluding hydrogens is 232 g/mol. The van der Waals surface area contributed by atoms with Gasteiger partial charge in [-0.15, -0.1) is 0 Å². The molecule has 2 rings (SSSR count). The van der Waals surface area contributed by atoms with Crippen LogP contribution in [-0.4, -0.2) is 18.6 Å². The molecule has 19 heavy (non-hydrogen) atoms. The molecule has 2 heteroatoms. The summed E-state index contributed by atoms with van der Waals surface area (Å²) in [5.74, 6) is 0.723. The number of fused-ring (bicyclic) bond motifs is 1. The van der Waals surface area contributed by atoms with Gasteiger partial charge in [-0.3, -0.25) is 0 Å². The van der Waals surface area contributed by atoms with Crippen LogP contribution in [0.15, 0.2) is 24.3 Å². The monoisotopic (exact) mass is 260 g/mol. The third-order valence-electron chi connectivity index (χ3n) is 4.70. The number of rotatable bonds is 4. The quantitative estimate of drug-likeness (QED) is 0.885. The van der Waals surface area contributed by atoms with Gasteiger partial charge in [-0.05, 0) is 30.9 Å². The highest BCUT2D eigenvalue weighted by Crippen LogP contribution is 2.28. The molecular formula is C17H28N2. The van der Waals surface area contributed by atoms with Crippen molar-refractivity contribution >= 4 is 5.69 Å². The molecule has 1 aromatic rings. The summed E-state index contributed by atoms with van der Waals surface area (Å²) in [6, 6.07) is 10.1. The Hall–Kier alpha value is -1.02. The molecule has 0 bridgehead atoms. The molecule has 0 amide bonds. The Morgan fingerprint density at radius 3 is 2.63 bits per heavy atom. The fourth-order valence-electron chi connectivity index (χ4n) is 2.86. The molecule has 2 nitrogen and oxygen atoms in total. The second-order valence-electron chi connectivity index (χ2n) is 5.91. The Balaban J connectivity index is 2.29. The second-order valence-corrected chi connectivity index (χ2v) is 5.91. The van der Waals surface area contributed by atoms with Gasteiger partial charge in [-0.2, -0.15) is 0 Å². The topological polar surface area (TPSA) is 15.3 Å². The van der Waals surface area contributed by atoms with E-state index in [9.17, 15) is 0 Å². The van der Waals surface area contributed by atoms with E-state index < -0.39 is 0 Å². The van der Waals surface area contributed by atoms with Crippen molar-refractivity contribution in [2.45, 2.75) is 59.2 Å². The molecule has 0 radical (unpaired) electrons. The Morgan fingerprint density at radius 2 is 1.95 bits per heavy atom. The van der Waals surface area contributed by atoms with E-state index in [4.69, 9.17) is 0 Å². The fraction of sp³-hybridized carbons (Fsp3) is 0.647. The molecule has 0 aromatic heterocycles. The highest BCUT2D eigenvalue weighted by molar-refractivity contribution is 5.55. The lowest BCUT2D eigenvalue weighted by Crippen LogP contribution is -2.45. The molecule has 106 valence electrons. The van der Waals surface area contributed by atoms with Gasteiger partial charge in [0.25, 0.3) is 0 Å². The van der Waals surface area contributed by atoms with Crippen LogP contribution < -0.4 is 10.2 Å². The molecule has 0 spiro atoms. The summed E-state index contributed by atoms with van der Waals surface area (Å²) < 4.78 is 0. The summed E-state index contributed by atoms with van der Waals surface area (Å²) in [4.78, 5) is 2.60. The molecule has 3 unspecified atom stereocenters.